The molecule has 0 aromatic heterocycles. The second kappa shape index (κ2) is 8.43. The van der Waals surface area contributed by atoms with Gasteiger partial charge in [-0.15, -0.1) is 0 Å². The molecule has 7 heteroatoms. The lowest BCUT2D eigenvalue weighted by atomic mass is 10.1. The Morgan fingerprint density at radius 3 is 2.70 bits per heavy atom. The normalized spacial score (nSPS) is 16.3. The van der Waals surface area contributed by atoms with Crippen LogP contribution >= 0.6 is 15.9 Å². The summed E-state index contributed by atoms with van der Waals surface area (Å²) >= 11 is 3.41. The van der Waals surface area contributed by atoms with Crippen molar-refractivity contribution in [2.45, 2.75) is 13.0 Å². The number of ether oxygens (including phenoxy) is 2. The SMILES string of the molecule is COc1cccc(CNC(=O)C2CC(=O)N(c3cccc(Br)c3)C2)c1OC. The zero-order valence-corrected chi connectivity index (χ0v) is 16.8. The summed E-state index contributed by atoms with van der Waals surface area (Å²) < 4.78 is 11.6. The van der Waals surface area contributed by atoms with Gasteiger partial charge in [-0.05, 0) is 24.3 Å². The summed E-state index contributed by atoms with van der Waals surface area (Å²) in [7, 11) is 3.13. The van der Waals surface area contributed by atoms with Crippen LogP contribution in [0.5, 0.6) is 11.5 Å². The number of amides is 2. The average molecular weight is 433 g/mol. The van der Waals surface area contributed by atoms with Crippen LogP contribution < -0.4 is 19.7 Å². The van der Waals surface area contributed by atoms with Gasteiger partial charge in [0.15, 0.2) is 11.5 Å². The highest BCUT2D eigenvalue weighted by atomic mass is 79.9. The fraction of sp³-hybridized carbons (Fsp3) is 0.300. The van der Waals surface area contributed by atoms with Crippen LogP contribution in [-0.2, 0) is 16.1 Å². The Bertz CT molecular complexity index is 856. The molecule has 0 bridgehead atoms. The van der Waals surface area contributed by atoms with Gasteiger partial charge in [-0.1, -0.05) is 34.1 Å². The quantitative estimate of drug-likeness (QED) is 0.760. The van der Waals surface area contributed by atoms with Crippen LogP contribution in [0, 0.1) is 5.92 Å². The van der Waals surface area contributed by atoms with Gasteiger partial charge in [-0.2, -0.15) is 0 Å². The van der Waals surface area contributed by atoms with Gasteiger partial charge >= 0.3 is 0 Å². The molecule has 1 saturated heterocycles. The number of methoxy groups -OCH3 is 2. The number of rotatable bonds is 6. The fourth-order valence-corrected chi connectivity index (χ4v) is 3.58. The fourth-order valence-electron chi connectivity index (χ4n) is 3.20. The summed E-state index contributed by atoms with van der Waals surface area (Å²) in [6, 6.07) is 13.0. The van der Waals surface area contributed by atoms with E-state index < -0.39 is 0 Å². The molecule has 0 spiro atoms. The van der Waals surface area contributed by atoms with Crippen molar-refractivity contribution in [2.24, 2.45) is 5.92 Å². The van der Waals surface area contributed by atoms with E-state index in [0.29, 0.717) is 24.6 Å². The number of hydrogen-bond acceptors (Lipinski definition) is 4. The molecule has 1 atom stereocenters. The Labute approximate surface area is 166 Å². The molecule has 27 heavy (non-hydrogen) atoms. The molecule has 2 amide bonds. The highest BCUT2D eigenvalue weighted by Crippen LogP contribution is 2.31. The van der Waals surface area contributed by atoms with Gasteiger partial charge in [0, 0.05) is 35.2 Å². The van der Waals surface area contributed by atoms with Gasteiger partial charge in [-0.25, -0.2) is 0 Å². The second-order valence-corrected chi connectivity index (χ2v) is 7.17. The number of benzene rings is 2. The summed E-state index contributed by atoms with van der Waals surface area (Å²) in [6.45, 7) is 0.678. The van der Waals surface area contributed by atoms with Crippen LogP contribution in [0.2, 0.25) is 0 Å². The maximum Gasteiger partial charge on any atom is 0.227 e. The van der Waals surface area contributed by atoms with E-state index in [4.69, 9.17) is 9.47 Å². The summed E-state index contributed by atoms with van der Waals surface area (Å²) in [5, 5.41) is 2.91. The number of anilines is 1. The third-order valence-corrected chi connectivity index (χ3v) is 5.05. The first-order chi connectivity index (χ1) is 13.0. The van der Waals surface area contributed by atoms with Crippen LogP contribution in [0.15, 0.2) is 46.9 Å². The molecule has 2 aromatic rings. The first-order valence-corrected chi connectivity index (χ1v) is 9.36. The van der Waals surface area contributed by atoms with Crippen molar-refractivity contribution in [2.75, 3.05) is 25.7 Å². The summed E-state index contributed by atoms with van der Waals surface area (Å²) in [5.41, 5.74) is 1.61. The van der Waals surface area contributed by atoms with E-state index in [-0.39, 0.29) is 24.2 Å². The van der Waals surface area contributed by atoms with Gasteiger partial charge in [0.05, 0.1) is 20.1 Å². The Hall–Kier alpha value is -2.54. The summed E-state index contributed by atoms with van der Waals surface area (Å²) in [4.78, 5) is 26.6. The zero-order valence-electron chi connectivity index (χ0n) is 15.2. The van der Waals surface area contributed by atoms with Crippen LogP contribution in [0.25, 0.3) is 0 Å². The molecule has 6 nitrogen and oxygen atoms in total. The van der Waals surface area contributed by atoms with E-state index in [1.807, 2.05) is 36.4 Å². The third-order valence-electron chi connectivity index (χ3n) is 4.55. The number of carbonyl (C=O) groups excluding carboxylic acids is 2. The van der Waals surface area contributed by atoms with E-state index in [2.05, 4.69) is 21.2 Å². The topological polar surface area (TPSA) is 67.9 Å². The van der Waals surface area contributed by atoms with Gasteiger partial charge < -0.3 is 19.7 Å². The molecule has 2 aromatic carbocycles. The van der Waals surface area contributed by atoms with Crippen molar-refractivity contribution in [3.05, 3.63) is 52.5 Å². The molecule has 1 heterocycles. The molecule has 1 aliphatic heterocycles. The van der Waals surface area contributed by atoms with Crippen molar-refractivity contribution in [1.29, 1.82) is 0 Å². The lowest BCUT2D eigenvalue weighted by Gasteiger charge is -2.17. The van der Waals surface area contributed by atoms with Crippen LogP contribution in [-0.4, -0.2) is 32.6 Å². The monoisotopic (exact) mass is 432 g/mol. The number of nitrogens with zero attached hydrogens (tertiary/aromatic N) is 1. The molecule has 1 unspecified atom stereocenters. The Morgan fingerprint density at radius 2 is 2.00 bits per heavy atom. The number of halogens is 1. The number of para-hydroxylation sites is 1. The maximum absolute atomic E-state index is 12.6. The molecule has 0 aliphatic carbocycles. The minimum atomic E-state index is -0.381. The Morgan fingerprint density at radius 1 is 1.22 bits per heavy atom. The van der Waals surface area contributed by atoms with Crippen molar-refractivity contribution in [3.63, 3.8) is 0 Å². The lowest BCUT2D eigenvalue weighted by Crippen LogP contribution is -2.32. The Kier molecular flexibility index (Phi) is 6.01. The molecule has 1 aliphatic rings. The van der Waals surface area contributed by atoms with E-state index in [9.17, 15) is 9.59 Å². The van der Waals surface area contributed by atoms with Gasteiger partial charge in [0.2, 0.25) is 11.8 Å². The molecule has 1 fully saturated rings. The number of nitrogens with one attached hydrogen (secondary N) is 1. The van der Waals surface area contributed by atoms with Gasteiger partial charge in [0.25, 0.3) is 0 Å². The van der Waals surface area contributed by atoms with E-state index in [0.717, 1.165) is 15.7 Å². The van der Waals surface area contributed by atoms with Crippen molar-refractivity contribution in [3.8, 4) is 11.5 Å². The Balaban J connectivity index is 1.65. The predicted octanol–water partition coefficient (Wildman–Crippen LogP) is 3.14. The maximum atomic E-state index is 12.6. The second-order valence-electron chi connectivity index (χ2n) is 6.26. The lowest BCUT2D eigenvalue weighted by molar-refractivity contribution is -0.126. The number of hydrogen-bond donors (Lipinski definition) is 1. The molecular weight excluding hydrogens is 412 g/mol. The third kappa shape index (κ3) is 4.24. The van der Waals surface area contributed by atoms with E-state index in [1.165, 1.54) is 0 Å². The summed E-state index contributed by atoms with van der Waals surface area (Å²) in [5.74, 6) is 0.630. The first-order valence-electron chi connectivity index (χ1n) is 8.57. The predicted molar refractivity (Wildman–Crippen MR) is 106 cm³/mol. The smallest absolute Gasteiger partial charge is 0.227 e. The van der Waals surface area contributed by atoms with E-state index >= 15 is 0 Å². The van der Waals surface area contributed by atoms with Crippen molar-refractivity contribution in [1.82, 2.24) is 5.32 Å². The van der Waals surface area contributed by atoms with E-state index in [1.54, 1.807) is 25.2 Å². The van der Waals surface area contributed by atoms with Crippen molar-refractivity contribution < 1.29 is 19.1 Å². The number of carbonyl (C=O) groups is 2. The van der Waals surface area contributed by atoms with Crippen LogP contribution in [0.1, 0.15) is 12.0 Å². The molecule has 0 radical (unpaired) electrons. The molecular formula is C20H21BrN2O4. The average Bonchev–Trinajstić information content (AvgIpc) is 3.07. The minimum absolute atomic E-state index is 0.0489. The first kappa shape index (κ1) is 19.2. The zero-order chi connectivity index (χ0) is 19.4. The summed E-state index contributed by atoms with van der Waals surface area (Å²) in [6.07, 6.45) is 0.202. The highest BCUT2D eigenvalue weighted by molar-refractivity contribution is 9.10. The van der Waals surface area contributed by atoms with Crippen LogP contribution in [0.3, 0.4) is 0 Å². The van der Waals surface area contributed by atoms with Gasteiger partial charge in [0.1, 0.15) is 0 Å². The molecule has 142 valence electrons. The standard InChI is InChI=1S/C20H21BrN2O4/c1-26-17-8-3-5-13(19(17)27-2)11-22-20(25)14-9-18(24)23(12-14)16-7-4-6-15(21)10-16/h3-8,10,14H,9,11-12H2,1-2H3,(H,22,25). The molecule has 0 saturated carbocycles. The largest absolute Gasteiger partial charge is 0.493 e. The van der Waals surface area contributed by atoms with Crippen LogP contribution in [0.4, 0.5) is 5.69 Å². The molecule has 3 rings (SSSR count). The molecule has 1 N–H and O–H groups in total. The van der Waals surface area contributed by atoms with Gasteiger partial charge in [-0.3, -0.25) is 9.59 Å². The highest BCUT2D eigenvalue weighted by Gasteiger charge is 2.35. The minimum Gasteiger partial charge on any atom is -0.493 e. The van der Waals surface area contributed by atoms with Crippen molar-refractivity contribution >= 4 is 33.4 Å².